The molecule has 130 valence electrons. The highest BCUT2D eigenvalue weighted by Gasteiger charge is 2.35. The van der Waals surface area contributed by atoms with Crippen molar-refractivity contribution < 1.29 is 14.9 Å². The first-order chi connectivity index (χ1) is 10.8. The standard InChI is InChI=1S/C18H35NO3/c1-2-3-4-5-6-7-8-9-10-11-12-13-17-19-18(14-20,15-21)16-22-17/h20-21H,2-16H2,1H3. The van der Waals surface area contributed by atoms with E-state index >= 15 is 0 Å². The lowest BCUT2D eigenvalue weighted by atomic mass is 10.1. The molecule has 0 saturated carbocycles. The third-order valence-electron chi connectivity index (χ3n) is 4.45. The maximum atomic E-state index is 9.25. The summed E-state index contributed by atoms with van der Waals surface area (Å²) in [5, 5.41) is 18.5. The predicted octanol–water partition coefficient (Wildman–Crippen LogP) is 3.84. The molecule has 22 heavy (non-hydrogen) atoms. The Labute approximate surface area is 136 Å². The van der Waals surface area contributed by atoms with E-state index in [1.165, 1.54) is 64.2 Å². The molecule has 4 nitrogen and oxygen atoms in total. The van der Waals surface area contributed by atoms with E-state index in [1.807, 2.05) is 0 Å². The van der Waals surface area contributed by atoms with Crippen molar-refractivity contribution in [2.45, 2.75) is 89.5 Å². The Balaban J connectivity index is 1.92. The van der Waals surface area contributed by atoms with Gasteiger partial charge in [0.15, 0.2) is 5.90 Å². The molecule has 0 fully saturated rings. The first-order valence-electron chi connectivity index (χ1n) is 9.19. The molecular formula is C18H35NO3. The van der Waals surface area contributed by atoms with Crippen LogP contribution in [0.4, 0.5) is 0 Å². The second kappa shape index (κ2) is 11.9. The molecular weight excluding hydrogens is 278 g/mol. The zero-order valence-electron chi connectivity index (χ0n) is 14.4. The Bertz CT molecular complexity index is 301. The fourth-order valence-electron chi connectivity index (χ4n) is 2.83. The normalized spacial score (nSPS) is 16.6. The molecule has 0 amide bonds. The van der Waals surface area contributed by atoms with Crippen molar-refractivity contribution in [2.24, 2.45) is 4.99 Å². The monoisotopic (exact) mass is 313 g/mol. The second-order valence-electron chi connectivity index (χ2n) is 6.62. The van der Waals surface area contributed by atoms with Crippen LogP contribution in [0.25, 0.3) is 0 Å². The number of rotatable bonds is 14. The molecule has 0 bridgehead atoms. The van der Waals surface area contributed by atoms with E-state index in [1.54, 1.807) is 0 Å². The molecule has 1 rings (SSSR count). The highest BCUT2D eigenvalue weighted by Crippen LogP contribution is 2.20. The van der Waals surface area contributed by atoms with Gasteiger partial charge in [0, 0.05) is 6.42 Å². The Kier molecular flexibility index (Phi) is 10.5. The van der Waals surface area contributed by atoms with Crippen LogP contribution in [0.1, 0.15) is 84.0 Å². The highest BCUT2D eigenvalue weighted by molar-refractivity contribution is 5.78. The number of unbranched alkanes of at least 4 members (excludes halogenated alkanes) is 10. The summed E-state index contributed by atoms with van der Waals surface area (Å²) >= 11 is 0. The van der Waals surface area contributed by atoms with Crippen LogP contribution in [-0.2, 0) is 4.74 Å². The van der Waals surface area contributed by atoms with Crippen molar-refractivity contribution in [3.8, 4) is 0 Å². The van der Waals surface area contributed by atoms with Crippen LogP contribution in [0.2, 0.25) is 0 Å². The van der Waals surface area contributed by atoms with E-state index in [2.05, 4.69) is 11.9 Å². The minimum atomic E-state index is -0.785. The number of ether oxygens (including phenoxy) is 1. The number of aliphatic hydroxyl groups excluding tert-OH is 2. The lowest BCUT2D eigenvalue weighted by molar-refractivity contribution is 0.0972. The van der Waals surface area contributed by atoms with Gasteiger partial charge in [-0.15, -0.1) is 0 Å². The van der Waals surface area contributed by atoms with Gasteiger partial charge < -0.3 is 14.9 Å². The van der Waals surface area contributed by atoms with Crippen LogP contribution in [0.5, 0.6) is 0 Å². The molecule has 0 aliphatic carbocycles. The zero-order valence-corrected chi connectivity index (χ0v) is 14.4. The lowest BCUT2D eigenvalue weighted by Crippen LogP contribution is -2.37. The van der Waals surface area contributed by atoms with E-state index in [0.717, 1.165) is 12.8 Å². The summed E-state index contributed by atoms with van der Waals surface area (Å²) in [4.78, 5) is 4.33. The van der Waals surface area contributed by atoms with Crippen LogP contribution in [0.3, 0.4) is 0 Å². The van der Waals surface area contributed by atoms with E-state index in [9.17, 15) is 10.2 Å². The fourth-order valence-corrected chi connectivity index (χ4v) is 2.83. The van der Waals surface area contributed by atoms with Gasteiger partial charge in [-0.3, -0.25) is 0 Å². The Hall–Kier alpha value is -0.610. The summed E-state index contributed by atoms with van der Waals surface area (Å²) in [6.45, 7) is 2.28. The average molecular weight is 313 g/mol. The van der Waals surface area contributed by atoms with Gasteiger partial charge in [0.05, 0.1) is 13.2 Å². The van der Waals surface area contributed by atoms with Gasteiger partial charge in [-0.05, 0) is 6.42 Å². The van der Waals surface area contributed by atoms with E-state index in [0.29, 0.717) is 12.5 Å². The number of aliphatic hydroxyl groups is 2. The van der Waals surface area contributed by atoms with Crippen molar-refractivity contribution in [2.75, 3.05) is 19.8 Å². The fraction of sp³-hybridized carbons (Fsp3) is 0.944. The summed E-state index contributed by atoms with van der Waals surface area (Å²) in [5.74, 6) is 0.707. The summed E-state index contributed by atoms with van der Waals surface area (Å²) in [6.07, 6.45) is 15.4. The van der Waals surface area contributed by atoms with Gasteiger partial charge in [-0.25, -0.2) is 4.99 Å². The van der Waals surface area contributed by atoms with Crippen LogP contribution >= 0.6 is 0 Å². The first-order valence-corrected chi connectivity index (χ1v) is 9.19. The predicted molar refractivity (Wildman–Crippen MR) is 91.4 cm³/mol. The molecule has 4 heteroatoms. The summed E-state index contributed by atoms with van der Waals surface area (Å²) in [6, 6.07) is 0. The molecule has 0 atom stereocenters. The minimum absolute atomic E-state index is 0.148. The molecule has 1 aliphatic rings. The van der Waals surface area contributed by atoms with Gasteiger partial charge in [0.1, 0.15) is 12.1 Å². The maximum absolute atomic E-state index is 9.25. The van der Waals surface area contributed by atoms with Crippen molar-refractivity contribution in [1.82, 2.24) is 0 Å². The van der Waals surface area contributed by atoms with Crippen LogP contribution in [0.15, 0.2) is 4.99 Å². The second-order valence-corrected chi connectivity index (χ2v) is 6.62. The van der Waals surface area contributed by atoms with Gasteiger partial charge >= 0.3 is 0 Å². The zero-order chi connectivity index (χ0) is 16.1. The molecule has 1 aliphatic heterocycles. The number of aliphatic imine (C=N–C) groups is 1. The molecule has 0 aromatic carbocycles. The molecule has 2 N–H and O–H groups in total. The summed E-state index contributed by atoms with van der Waals surface area (Å²) in [5.41, 5.74) is -0.785. The average Bonchev–Trinajstić information content (AvgIpc) is 2.97. The smallest absolute Gasteiger partial charge is 0.184 e. The van der Waals surface area contributed by atoms with Crippen LogP contribution in [-0.4, -0.2) is 41.5 Å². The first kappa shape index (κ1) is 19.4. The highest BCUT2D eigenvalue weighted by atomic mass is 16.5. The van der Waals surface area contributed by atoms with Crippen molar-refractivity contribution in [1.29, 1.82) is 0 Å². The third-order valence-corrected chi connectivity index (χ3v) is 4.45. The van der Waals surface area contributed by atoms with Crippen molar-refractivity contribution in [3.63, 3.8) is 0 Å². The number of hydrogen-bond acceptors (Lipinski definition) is 4. The van der Waals surface area contributed by atoms with E-state index in [4.69, 9.17) is 4.74 Å². The summed E-state index contributed by atoms with van der Waals surface area (Å²) < 4.78 is 5.47. The van der Waals surface area contributed by atoms with Crippen LogP contribution in [0, 0.1) is 0 Å². The van der Waals surface area contributed by atoms with Crippen LogP contribution < -0.4 is 0 Å². The molecule has 0 unspecified atom stereocenters. The largest absolute Gasteiger partial charge is 0.478 e. The Morgan fingerprint density at radius 2 is 1.36 bits per heavy atom. The number of hydrogen-bond donors (Lipinski definition) is 2. The molecule has 0 aromatic heterocycles. The van der Waals surface area contributed by atoms with Gasteiger partial charge in [-0.1, -0.05) is 71.1 Å². The van der Waals surface area contributed by atoms with E-state index in [-0.39, 0.29) is 13.2 Å². The quantitative estimate of drug-likeness (QED) is 0.479. The molecule has 0 spiro atoms. The lowest BCUT2D eigenvalue weighted by Gasteiger charge is -2.16. The maximum Gasteiger partial charge on any atom is 0.184 e. The third kappa shape index (κ3) is 7.59. The van der Waals surface area contributed by atoms with Gasteiger partial charge in [-0.2, -0.15) is 0 Å². The number of nitrogens with zero attached hydrogens (tertiary/aromatic N) is 1. The SMILES string of the molecule is CCCCCCCCCCCCCC1=NC(CO)(CO)CO1. The molecule has 0 aromatic rings. The molecule has 0 radical (unpaired) electrons. The Morgan fingerprint density at radius 3 is 1.82 bits per heavy atom. The van der Waals surface area contributed by atoms with Gasteiger partial charge in [0.25, 0.3) is 0 Å². The minimum Gasteiger partial charge on any atom is -0.478 e. The molecule has 1 heterocycles. The molecule has 0 saturated heterocycles. The van der Waals surface area contributed by atoms with Crippen molar-refractivity contribution in [3.05, 3.63) is 0 Å². The van der Waals surface area contributed by atoms with E-state index < -0.39 is 5.54 Å². The van der Waals surface area contributed by atoms with Gasteiger partial charge in [0.2, 0.25) is 0 Å². The topological polar surface area (TPSA) is 62.1 Å². The van der Waals surface area contributed by atoms with Crippen molar-refractivity contribution >= 4 is 5.90 Å². The summed E-state index contributed by atoms with van der Waals surface area (Å²) in [7, 11) is 0. The Morgan fingerprint density at radius 1 is 0.864 bits per heavy atom.